The summed E-state index contributed by atoms with van der Waals surface area (Å²) >= 11 is 1.49. The number of nitrogens with zero attached hydrogens (tertiary/aromatic N) is 3. The topological polar surface area (TPSA) is 81.0 Å². The van der Waals surface area contributed by atoms with Gasteiger partial charge in [0.1, 0.15) is 10.0 Å². The molecule has 0 aliphatic rings. The zero-order chi connectivity index (χ0) is 15.2. The van der Waals surface area contributed by atoms with Crippen molar-refractivity contribution in [3.05, 3.63) is 38.9 Å². The van der Waals surface area contributed by atoms with Crippen LogP contribution in [0.3, 0.4) is 0 Å². The molecule has 1 heterocycles. The first kappa shape index (κ1) is 15.5. The van der Waals surface area contributed by atoms with E-state index in [-0.39, 0.29) is 10.6 Å². The molecular formula is C14H18N4O2S. The van der Waals surface area contributed by atoms with E-state index in [1.54, 1.807) is 13.0 Å². The Labute approximate surface area is 127 Å². The molecule has 0 aliphatic heterocycles. The summed E-state index contributed by atoms with van der Waals surface area (Å²) in [7, 11) is 0. The zero-order valence-corrected chi connectivity index (χ0v) is 12.9. The monoisotopic (exact) mass is 306 g/mol. The number of rotatable bonds is 7. The van der Waals surface area contributed by atoms with Crippen LogP contribution in [-0.2, 0) is 6.42 Å². The first-order chi connectivity index (χ1) is 10.1. The van der Waals surface area contributed by atoms with Gasteiger partial charge in [-0.15, -0.1) is 10.2 Å². The van der Waals surface area contributed by atoms with Crippen molar-refractivity contribution in [2.75, 3.05) is 13.1 Å². The van der Waals surface area contributed by atoms with Crippen LogP contribution >= 0.6 is 11.3 Å². The summed E-state index contributed by atoms with van der Waals surface area (Å²) in [6.07, 6.45) is 1.93. The van der Waals surface area contributed by atoms with Gasteiger partial charge >= 0.3 is 0 Å². The SMILES string of the molecule is CCCNCCc1nnc(-c2cccc([N+](=O)[O-])c2C)s1. The third kappa shape index (κ3) is 3.83. The van der Waals surface area contributed by atoms with Gasteiger partial charge in [-0.2, -0.15) is 0 Å². The van der Waals surface area contributed by atoms with Crippen molar-refractivity contribution in [3.8, 4) is 10.6 Å². The molecule has 0 unspecified atom stereocenters. The fraction of sp³-hybridized carbons (Fsp3) is 0.429. The Hall–Kier alpha value is -1.86. The second kappa shape index (κ2) is 7.24. The number of nitro groups is 1. The lowest BCUT2D eigenvalue weighted by molar-refractivity contribution is -0.385. The minimum Gasteiger partial charge on any atom is -0.316 e. The summed E-state index contributed by atoms with van der Waals surface area (Å²) in [5, 5.41) is 24.3. The maximum Gasteiger partial charge on any atom is 0.273 e. The molecule has 0 atom stereocenters. The smallest absolute Gasteiger partial charge is 0.273 e. The van der Waals surface area contributed by atoms with Crippen molar-refractivity contribution in [1.29, 1.82) is 0 Å². The Morgan fingerprint density at radius 1 is 1.33 bits per heavy atom. The van der Waals surface area contributed by atoms with Gasteiger partial charge in [0.05, 0.1) is 4.92 Å². The molecule has 2 aromatic rings. The van der Waals surface area contributed by atoms with E-state index in [0.717, 1.165) is 41.5 Å². The van der Waals surface area contributed by atoms with Crippen LogP contribution in [0.2, 0.25) is 0 Å². The van der Waals surface area contributed by atoms with Crippen LogP contribution in [0, 0.1) is 17.0 Å². The summed E-state index contributed by atoms with van der Waals surface area (Å²) < 4.78 is 0. The highest BCUT2D eigenvalue weighted by Gasteiger charge is 2.16. The van der Waals surface area contributed by atoms with Crippen LogP contribution in [-0.4, -0.2) is 28.2 Å². The first-order valence-corrected chi connectivity index (χ1v) is 7.72. The highest BCUT2D eigenvalue weighted by molar-refractivity contribution is 7.14. The molecule has 7 heteroatoms. The predicted octanol–water partition coefficient (Wildman–Crippen LogP) is 2.96. The van der Waals surface area contributed by atoms with Crippen molar-refractivity contribution in [2.24, 2.45) is 0 Å². The van der Waals surface area contributed by atoms with Crippen molar-refractivity contribution in [3.63, 3.8) is 0 Å². The molecule has 1 aromatic heterocycles. The summed E-state index contributed by atoms with van der Waals surface area (Å²) in [4.78, 5) is 10.6. The van der Waals surface area contributed by atoms with Gasteiger partial charge in [-0.05, 0) is 19.9 Å². The van der Waals surface area contributed by atoms with Crippen molar-refractivity contribution in [1.82, 2.24) is 15.5 Å². The van der Waals surface area contributed by atoms with Crippen LogP contribution in [0.5, 0.6) is 0 Å². The molecule has 6 nitrogen and oxygen atoms in total. The Morgan fingerprint density at radius 2 is 2.14 bits per heavy atom. The summed E-state index contributed by atoms with van der Waals surface area (Å²) in [6.45, 7) is 5.74. The minimum atomic E-state index is -0.366. The number of nitrogens with one attached hydrogen (secondary N) is 1. The third-order valence-corrected chi connectivity index (χ3v) is 4.16. The van der Waals surface area contributed by atoms with E-state index >= 15 is 0 Å². The van der Waals surface area contributed by atoms with Crippen molar-refractivity contribution < 1.29 is 4.92 Å². The van der Waals surface area contributed by atoms with Gasteiger partial charge in [-0.3, -0.25) is 10.1 Å². The summed E-state index contributed by atoms with van der Waals surface area (Å²) in [5.74, 6) is 0. The molecule has 0 amide bonds. The molecule has 21 heavy (non-hydrogen) atoms. The average molecular weight is 306 g/mol. The lowest BCUT2D eigenvalue weighted by Gasteiger charge is -2.02. The van der Waals surface area contributed by atoms with E-state index in [4.69, 9.17) is 0 Å². The van der Waals surface area contributed by atoms with Gasteiger partial charge in [0.25, 0.3) is 5.69 Å². The lowest BCUT2D eigenvalue weighted by Crippen LogP contribution is -2.17. The minimum absolute atomic E-state index is 0.119. The Morgan fingerprint density at radius 3 is 2.86 bits per heavy atom. The molecule has 2 rings (SSSR count). The average Bonchev–Trinajstić information content (AvgIpc) is 2.92. The predicted molar refractivity (Wildman–Crippen MR) is 83.6 cm³/mol. The molecule has 0 radical (unpaired) electrons. The molecular weight excluding hydrogens is 288 g/mol. The normalized spacial score (nSPS) is 10.8. The molecule has 0 saturated heterocycles. The van der Waals surface area contributed by atoms with Crippen LogP contribution in [0.4, 0.5) is 5.69 Å². The van der Waals surface area contributed by atoms with E-state index in [1.165, 1.54) is 17.4 Å². The Balaban J connectivity index is 2.14. The number of nitro benzene ring substituents is 1. The molecule has 0 fully saturated rings. The largest absolute Gasteiger partial charge is 0.316 e. The quantitative estimate of drug-likeness (QED) is 0.483. The number of benzene rings is 1. The zero-order valence-electron chi connectivity index (χ0n) is 12.1. The summed E-state index contributed by atoms with van der Waals surface area (Å²) in [5.41, 5.74) is 1.54. The molecule has 1 aromatic carbocycles. The van der Waals surface area contributed by atoms with Gasteiger partial charge in [-0.25, -0.2) is 0 Å². The summed E-state index contributed by atoms with van der Waals surface area (Å²) in [6, 6.07) is 5.04. The van der Waals surface area contributed by atoms with Crippen LogP contribution in [0.1, 0.15) is 23.9 Å². The van der Waals surface area contributed by atoms with Crippen LogP contribution in [0.15, 0.2) is 18.2 Å². The highest BCUT2D eigenvalue weighted by Crippen LogP contribution is 2.31. The molecule has 1 N–H and O–H groups in total. The van der Waals surface area contributed by atoms with Gasteiger partial charge in [-0.1, -0.05) is 30.4 Å². The van der Waals surface area contributed by atoms with E-state index < -0.39 is 0 Å². The third-order valence-electron chi connectivity index (χ3n) is 3.14. The molecule has 0 bridgehead atoms. The van der Waals surface area contributed by atoms with E-state index in [9.17, 15) is 10.1 Å². The first-order valence-electron chi connectivity index (χ1n) is 6.91. The van der Waals surface area contributed by atoms with E-state index in [1.807, 2.05) is 6.07 Å². The van der Waals surface area contributed by atoms with Gasteiger partial charge in [0.2, 0.25) is 0 Å². The van der Waals surface area contributed by atoms with Crippen LogP contribution < -0.4 is 5.32 Å². The van der Waals surface area contributed by atoms with Gasteiger partial charge < -0.3 is 5.32 Å². The van der Waals surface area contributed by atoms with Crippen LogP contribution in [0.25, 0.3) is 10.6 Å². The molecule has 0 aliphatic carbocycles. The maximum absolute atomic E-state index is 11.0. The number of hydrogen-bond donors (Lipinski definition) is 1. The van der Waals surface area contributed by atoms with E-state index in [2.05, 4.69) is 22.4 Å². The number of hydrogen-bond acceptors (Lipinski definition) is 6. The molecule has 112 valence electrons. The lowest BCUT2D eigenvalue weighted by atomic mass is 10.1. The van der Waals surface area contributed by atoms with Crippen molar-refractivity contribution >= 4 is 17.0 Å². The fourth-order valence-corrected chi connectivity index (χ4v) is 2.94. The maximum atomic E-state index is 11.0. The highest BCUT2D eigenvalue weighted by atomic mass is 32.1. The number of aromatic nitrogens is 2. The second-order valence-electron chi connectivity index (χ2n) is 4.71. The fourth-order valence-electron chi connectivity index (χ4n) is 2.01. The Kier molecular flexibility index (Phi) is 5.35. The Bertz CT molecular complexity index is 627. The molecule has 0 spiro atoms. The molecule has 0 saturated carbocycles. The standard InChI is InChI=1S/C14H18N4O2S/c1-3-8-15-9-7-13-16-17-14(21-13)11-5-4-6-12(10(11)2)18(19)20/h4-6,15H,3,7-9H2,1-2H3. The second-order valence-corrected chi connectivity index (χ2v) is 5.77. The van der Waals surface area contributed by atoms with E-state index in [0.29, 0.717) is 5.56 Å². The van der Waals surface area contributed by atoms with Gasteiger partial charge in [0, 0.05) is 30.2 Å². The van der Waals surface area contributed by atoms with Gasteiger partial charge in [0.15, 0.2) is 0 Å². The van der Waals surface area contributed by atoms with Crippen molar-refractivity contribution in [2.45, 2.75) is 26.7 Å².